The second kappa shape index (κ2) is 7.88. The van der Waals surface area contributed by atoms with Crippen LogP contribution in [0.1, 0.15) is 24.0 Å². The van der Waals surface area contributed by atoms with Gasteiger partial charge in [-0.15, -0.1) is 0 Å². The molecule has 4 N–H and O–H groups in total. The van der Waals surface area contributed by atoms with Gasteiger partial charge in [0, 0.05) is 23.0 Å². The molecule has 3 heterocycles. The van der Waals surface area contributed by atoms with Crippen molar-refractivity contribution < 1.29 is 19.2 Å². The summed E-state index contributed by atoms with van der Waals surface area (Å²) >= 11 is 6.31. The number of imide groups is 1. The van der Waals surface area contributed by atoms with Crippen LogP contribution in [0.4, 0.5) is 11.4 Å². The third-order valence-electron chi connectivity index (χ3n) is 7.78. The van der Waals surface area contributed by atoms with Crippen molar-refractivity contribution >= 4 is 57.4 Å². The van der Waals surface area contributed by atoms with Crippen molar-refractivity contribution in [1.82, 2.24) is 5.32 Å². The highest BCUT2D eigenvalue weighted by Gasteiger charge is 2.70. The van der Waals surface area contributed by atoms with Gasteiger partial charge in [0.25, 0.3) is 0 Å². The van der Waals surface area contributed by atoms with Crippen molar-refractivity contribution in [1.29, 1.82) is 0 Å². The quantitative estimate of drug-likeness (QED) is 0.473. The van der Waals surface area contributed by atoms with Crippen LogP contribution in [-0.2, 0) is 24.7 Å². The van der Waals surface area contributed by atoms with Crippen LogP contribution in [0.15, 0.2) is 54.6 Å². The van der Waals surface area contributed by atoms with Gasteiger partial charge in [0.2, 0.25) is 23.6 Å². The number of anilines is 2. The zero-order valence-electron chi connectivity index (χ0n) is 19.4. The first-order valence-electron chi connectivity index (χ1n) is 11.8. The fraction of sp³-hybridized carbons (Fsp3) is 0.259. The van der Waals surface area contributed by atoms with E-state index in [0.717, 1.165) is 10.8 Å². The Balaban J connectivity index is 1.50. The molecule has 6 rings (SSSR count). The maximum Gasteiger partial charge on any atom is 0.250 e. The number of rotatable bonds is 4. The number of nitrogens with two attached hydrogens (primary N) is 1. The molecule has 3 aromatic carbocycles. The van der Waals surface area contributed by atoms with Crippen LogP contribution >= 0.6 is 11.6 Å². The smallest absolute Gasteiger partial charge is 0.250 e. The summed E-state index contributed by atoms with van der Waals surface area (Å²) in [6, 6.07) is 15.9. The van der Waals surface area contributed by atoms with Crippen molar-refractivity contribution in [2.45, 2.75) is 31.3 Å². The van der Waals surface area contributed by atoms with Gasteiger partial charge in [-0.25, -0.2) is 4.90 Å². The van der Waals surface area contributed by atoms with E-state index in [1.54, 1.807) is 31.2 Å². The minimum absolute atomic E-state index is 0.0164. The first-order valence-corrected chi connectivity index (χ1v) is 12.2. The Bertz CT molecular complexity index is 1500. The fourth-order valence-corrected chi connectivity index (χ4v) is 6.26. The summed E-state index contributed by atoms with van der Waals surface area (Å²) in [5.74, 6) is -3.61. The highest BCUT2D eigenvalue weighted by Crippen LogP contribution is 2.55. The van der Waals surface area contributed by atoms with Gasteiger partial charge in [0.05, 0.1) is 23.2 Å². The minimum atomic E-state index is -1.46. The lowest BCUT2D eigenvalue weighted by Crippen LogP contribution is -2.53. The van der Waals surface area contributed by atoms with Crippen LogP contribution in [0.25, 0.3) is 10.8 Å². The molecule has 0 aromatic heterocycles. The molecular weight excluding hydrogens is 480 g/mol. The number of hydrogen-bond donors (Lipinski definition) is 3. The maximum absolute atomic E-state index is 14.1. The molecule has 4 atom stereocenters. The molecule has 9 heteroatoms. The number of primary amides is 1. The predicted molar refractivity (Wildman–Crippen MR) is 135 cm³/mol. The normalized spacial score (nSPS) is 26.6. The zero-order valence-corrected chi connectivity index (χ0v) is 20.1. The molecule has 8 nitrogen and oxygen atoms in total. The monoisotopic (exact) mass is 502 g/mol. The van der Waals surface area contributed by atoms with Crippen LogP contribution in [-0.4, -0.2) is 29.7 Å². The van der Waals surface area contributed by atoms with Crippen LogP contribution < -0.4 is 21.3 Å². The van der Waals surface area contributed by atoms with E-state index in [0.29, 0.717) is 27.5 Å². The van der Waals surface area contributed by atoms with E-state index in [1.807, 2.05) is 30.3 Å². The summed E-state index contributed by atoms with van der Waals surface area (Å²) in [5.41, 5.74) is 6.19. The summed E-state index contributed by atoms with van der Waals surface area (Å²) in [6.07, 6.45) is 0.237. The molecule has 3 aliphatic heterocycles. The standard InChI is InChI=1S/C27H23ClN4O4/c1-13-18(28)9-8-17-23(13)30-26(36)27(17)22-21(19(31-27)10-11-20(29)33)24(34)32(25(22)35)16-7-6-14-4-2-3-5-15(14)12-16/h2-9,12,19,21-22,31H,10-11H2,1H3,(H2,29,33)(H,30,36). The van der Waals surface area contributed by atoms with E-state index < -0.39 is 47.0 Å². The second-order valence-electron chi connectivity index (χ2n) is 9.66. The molecule has 36 heavy (non-hydrogen) atoms. The Labute approximate surface area is 211 Å². The Morgan fingerprint density at radius 1 is 1.06 bits per heavy atom. The Hall–Kier alpha value is -3.75. The molecule has 4 amide bonds. The van der Waals surface area contributed by atoms with Crippen molar-refractivity contribution in [3.63, 3.8) is 0 Å². The number of nitrogens with one attached hydrogen (secondary N) is 2. The first kappa shape index (κ1) is 22.7. The van der Waals surface area contributed by atoms with Crippen molar-refractivity contribution in [3.05, 3.63) is 70.7 Å². The van der Waals surface area contributed by atoms with E-state index in [-0.39, 0.29) is 12.8 Å². The van der Waals surface area contributed by atoms with Crippen LogP contribution in [0, 0.1) is 18.8 Å². The molecular formula is C27H23ClN4O4. The molecule has 3 aliphatic rings. The number of hydrogen-bond acceptors (Lipinski definition) is 5. The average molecular weight is 503 g/mol. The molecule has 3 aromatic rings. The van der Waals surface area contributed by atoms with Gasteiger partial charge in [-0.2, -0.15) is 0 Å². The van der Waals surface area contributed by atoms with Gasteiger partial charge in [-0.3, -0.25) is 24.5 Å². The third-order valence-corrected chi connectivity index (χ3v) is 8.19. The highest BCUT2D eigenvalue weighted by atomic mass is 35.5. The highest BCUT2D eigenvalue weighted by molar-refractivity contribution is 6.32. The summed E-state index contributed by atoms with van der Waals surface area (Å²) in [4.78, 5) is 54.3. The van der Waals surface area contributed by atoms with Gasteiger partial charge in [-0.1, -0.05) is 48.0 Å². The minimum Gasteiger partial charge on any atom is -0.370 e. The van der Waals surface area contributed by atoms with Gasteiger partial charge < -0.3 is 11.1 Å². The molecule has 1 spiro atoms. The number of halogens is 1. The summed E-state index contributed by atoms with van der Waals surface area (Å²) < 4.78 is 0. The Morgan fingerprint density at radius 2 is 1.81 bits per heavy atom. The van der Waals surface area contributed by atoms with Gasteiger partial charge in [0.15, 0.2) is 0 Å². The molecule has 0 saturated carbocycles. The Morgan fingerprint density at radius 3 is 2.56 bits per heavy atom. The zero-order chi connectivity index (χ0) is 25.4. The summed E-state index contributed by atoms with van der Waals surface area (Å²) in [5, 5.41) is 8.55. The number of carbonyl (C=O) groups is 4. The molecule has 0 aliphatic carbocycles. The second-order valence-corrected chi connectivity index (χ2v) is 10.1. The number of carbonyl (C=O) groups excluding carboxylic acids is 4. The topological polar surface area (TPSA) is 122 Å². The van der Waals surface area contributed by atoms with Crippen LogP contribution in [0.3, 0.4) is 0 Å². The van der Waals surface area contributed by atoms with E-state index in [9.17, 15) is 19.2 Å². The predicted octanol–water partition coefficient (Wildman–Crippen LogP) is 2.99. The molecule has 2 fully saturated rings. The van der Waals surface area contributed by atoms with Gasteiger partial charge in [-0.05, 0) is 47.9 Å². The lowest BCUT2D eigenvalue weighted by atomic mass is 9.76. The van der Waals surface area contributed by atoms with E-state index in [2.05, 4.69) is 10.6 Å². The fourth-order valence-electron chi connectivity index (χ4n) is 6.11. The van der Waals surface area contributed by atoms with Crippen molar-refractivity contribution in [2.75, 3.05) is 10.2 Å². The number of benzene rings is 3. The summed E-state index contributed by atoms with van der Waals surface area (Å²) in [6.45, 7) is 1.79. The van der Waals surface area contributed by atoms with Crippen LogP contribution in [0.2, 0.25) is 5.02 Å². The SMILES string of the molecule is Cc1c(Cl)ccc2c1NC(=O)C21NC(CCC(N)=O)C2C(=O)N(c3ccc4ccccc4c3)C(=O)C21. The maximum atomic E-state index is 14.1. The molecule has 182 valence electrons. The third kappa shape index (κ3) is 2.98. The van der Waals surface area contributed by atoms with Crippen LogP contribution in [0.5, 0.6) is 0 Å². The first-order chi connectivity index (χ1) is 17.2. The molecule has 0 bridgehead atoms. The molecule has 4 unspecified atom stereocenters. The van der Waals surface area contributed by atoms with Gasteiger partial charge >= 0.3 is 0 Å². The lowest BCUT2D eigenvalue weighted by molar-refractivity contribution is -0.130. The number of fused-ring (bicyclic) bond motifs is 5. The van der Waals surface area contributed by atoms with E-state index in [1.165, 1.54) is 4.90 Å². The lowest BCUT2D eigenvalue weighted by Gasteiger charge is -2.29. The van der Waals surface area contributed by atoms with E-state index in [4.69, 9.17) is 17.3 Å². The van der Waals surface area contributed by atoms with Crippen molar-refractivity contribution in [2.24, 2.45) is 17.6 Å². The number of nitrogens with zero attached hydrogens (tertiary/aromatic N) is 1. The van der Waals surface area contributed by atoms with Gasteiger partial charge in [0.1, 0.15) is 5.54 Å². The Kier molecular flexibility index (Phi) is 4.97. The molecule has 2 saturated heterocycles. The van der Waals surface area contributed by atoms with E-state index >= 15 is 0 Å². The van der Waals surface area contributed by atoms with Crippen molar-refractivity contribution in [3.8, 4) is 0 Å². The number of amides is 4. The molecule has 0 radical (unpaired) electrons. The largest absolute Gasteiger partial charge is 0.370 e. The summed E-state index contributed by atoms with van der Waals surface area (Å²) in [7, 11) is 0. The average Bonchev–Trinajstić information content (AvgIpc) is 3.44.